The van der Waals surface area contributed by atoms with Crippen LogP contribution in [-0.4, -0.2) is 37.3 Å². The smallest absolute Gasteiger partial charge is 0.274 e. The molecule has 0 aromatic carbocycles. The maximum atomic E-state index is 12.6. The van der Waals surface area contributed by atoms with Crippen molar-refractivity contribution in [3.8, 4) is 0 Å². The molecule has 8 heteroatoms. The zero-order valence-electron chi connectivity index (χ0n) is 12.5. The lowest BCUT2D eigenvalue weighted by molar-refractivity contribution is 0.0719. The number of aryl methyl sites for hydroxylation is 2. The molecule has 0 spiro atoms. The van der Waals surface area contributed by atoms with E-state index in [1.807, 2.05) is 6.92 Å². The van der Waals surface area contributed by atoms with Crippen molar-refractivity contribution in [2.24, 2.45) is 7.05 Å². The molecular formula is C14H17N5O3. The van der Waals surface area contributed by atoms with Crippen molar-refractivity contribution in [1.29, 1.82) is 0 Å². The molecule has 1 aliphatic heterocycles. The van der Waals surface area contributed by atoms with Crippen molar-refractivity contribution >= 4 is 5.91 Å². The predicted octanol–water partition coefficient (Wildman–Crippen LogP) is 0.703. The molecule has 0 radical (unpaired) electrons. The average Bonchev–Trinajstić information content (AvgIpc) is 3.17. The van der Waals surface area contributed by atoms with E-state index in [0.717, 1.165) is 17.5 Å². The summed E-state index contributed by atoms with van der Waals surface area (Å²) in [6.07, 6.45) is 2.33. The van der Waals surface area contributed by atoms with Gasteiger partial charge in [0.2, 0.25) is 5.89 Å². The maximum absolute atomic E-state index is 12.6. The van der Waals surface area contributed by atoms with E-state index in [4.69, 9.17) is 4.52 Å². The molecule has 1 aliphatic rings. The summed E-state index contributed by atoms with van der Waals surface area (Å²) >= 11 is 0. The summed E-state index contributed by atoms with van der Waals surface area (Å²) in [5.74, 6) is 0.878. The Bertz CT molecular complexity index is 751. The number of amides is 1. The van der Waals surface area contributed by atoms with Crippen molar-refractivity contribution < 1.29 is 9.32 Å². The van der Waals surface area contributed by atoms with Crippen LogP contribution in [0.4, 0.5) is 0 Å². The fourth-order valence-corrected chi connectivity index (χ4v) is 2.59. The van der Waals surface area contributed by atoms with Crippen LogP contribution in [0.1, 0.15) is 48.0 Å². The lowest BCUT2D eigenvalue weighted by Gasteiger charge is -2.21. The van der Waals surface area contributed by atoms with Crippen molar-refractivity contribution in [1.82, 2.24) is 24.8 Å². The van der Waals surface area contributed by atoms with Crippen molar-refractivity contribution in [3.05, 3.63) is 39.9 Å². The third-order valence-electron chi connectivity index (χ3n) is 3.78. The highest BCUT2D eigenvalue weighted by Crippen LogP contribution is 2.31. The van der Waals surface area contributed by atoms with Crippen LogP contribution in [-0.2, 0) is 13.5 Å². The second-order valence-corrected chi connectivity index (χ2v) is 5.24. The molecule has 3 rings (SSSR count). The number of hydrogen-bond acceptors (Lipinski definition) is 6. The van der Waals surface area contributed by atoms with Crippen LogP contribution < -0.4 is 5.56 Å². The van der Waals surface area contributed by atoms with E-state index >= 15 is 0 Å². The van der Waals surface area contributed by atoms with Gasteiger partial charge in [0, 0.05) is 26.1 Å². The fourth-order valence-electron chi connectivity index (χ4n) is 2.59. The molecule has 1 saturated heterocycles. The Hall–Kier alpha value is -2.51. The molecule has 0 saturated carbocycles. The molecule has 1 atom stereocenters. The molecule has 0 bridgehead atoms. The minimum atomic E-state index is -0.250. The first kappa shape index (κ1) is 14.4. The van der Waals surface area contributed by atoms with Gasteiger partial charge in [-0.15, -0.1) is 0 Å². The van der Waals surface area contributed by atoms with E-state index in [2.05, 4.69) is 15.2 Å². The molecule has 8 nitrogen and oxygen atoms in total. The molecule has 22 heavy (non-hydrogen) atoms. The quantitative estimate of drug-likeness (QED) is 0.828. The van der Waals surface area contributed by atoms with E-state index in [1.54, 1.807) is 4.90 Å². The first-order chi connectivity index (χ1) is 10.6. The predicted molar refractivity (Wildman–Crippen MR) is 76.2 cm³/mol. The van der Waals surface area contributed by atoms with E-state index in [1.165, 1.54) is 19.2 Å². The Balaban J connectivity index is 1.87. The van der Waals surface area contributed by atoms with E-state index in [9.17, 15) is 9.59 Å². The molecule has 0 aliphatic carbocycles. The van der Waals surface area contributed by atoms with Crippen molar-refractivity contribution in [2.45, 2.75) is 32.2 Å². The summed E-state index contributed by atoms with van der Waals surface area (Å²) in [5, 5.41) is 7.99. The standard InChI is InChI=1S/C14H17N5O3/c1-3-11-15-13(17-22-11)10-5-4-8-19(10)14(21)9-6-7-12(20)18(2)16-9/h6-7,10H,3-5,8H2,1-2H3/t10-/m1/s1. The molecule has 116 valence electrons. The second kappa shape index (κ2) is 5.70. The molecule has 3 heterocycles. The molecule has 2 aromatic rings. The Morgan fingerprint density at radius 1 is 1.45 bits per heavy atom. The first-order valence-electron chi connectivity index (χ1n) is 7.28. The third kappa shape index (κ3) is 2.51. The van der Waals surface area contributed by atoms with Gasteiger partial charge in [0.25, 0.3) is 11.5 Å². The maximum Gasteiger partial charge on any atom is 0.274 e. The minimum Gasteiger partial charge on any atom is -0.339 e. The molecule has 2 aromatic heterocycles. The summed E-state index contributed by atoms with van der Waals surface area (Å²) in [6, 6.07) is 2.60. The summed E-state index contributed by atoms with van der Waals surface area (Å²) < 4.78 is 6.29. The van der Waals surface area contributed by atoms with Gasteiger partial charge in [-0.05, 0) is 18.9 Å². The molecule has 1 amide bonds. The fraction of sp³-hybridized carbons (Fsp3) is 0.500. The zero-order valence-corrected chi connectivity index (χ0v) is 12.5. The summed E-state index contributed by atoms with van der Waals surface area (Å²) in [6.45, 7) is 2.55. The average molecular weight is 303 g/mol. The Morgan fingerprint density at radius 2 is 2.27 bits per heavy atom. The SMILES string of the molecule is CCc1nc([C@H]2CCCN2C(=O)c2ccc(=O)n(C)n2)no1. The number of carbonyl (C=O) groups is 1. The zero-order chi connectivity index (χ0) is 15.7. The number of rotatable bonds is 3. The van der Waals surface area contributed by atoms with Gasteiger partial charge in [0.1, 0.15) is 5.69 Å². The summed E-state index contributed by atoms with van der Waals surface area (Å²) in [4.78, 5) is 30.0. The number of carbonyl (C=O) groups excluding carboxylic acids is 1. The second-order valence-electron chi connectivity index (χ2n) is 5.24. The van der Waals surface area contributed by atoms with Crippen LogP contribution in [0.15, 0.2) is 21.5 Å². The van der Waals surface area contributed by atoms with E-state index < -0.39 is 0 Å². The highest BCUT2D eigenvalue weighted by Gasteiger charge is 2.34. The number of aromatic nitrogens is 4. The van der Waals surface area contributed by atoms with E-state index in [0.29, 0.717) is 24.7 Å². The summed E-state index contributed by atoms with van der Waals surface area (Å²) in [7, 11) is 1.52. The van der Waals surface area contributed by atoms with Gasteiger partial charge in [-0.1, -0.05) is 12.1 Å². The van der Waals surface area contributed by atoms with Gasteiger partial charge < -0.3 is 9.42 Å². The van der Waals surface area contributed by atoms with Crippen molar-refractivity contribution in [3.63, 3.8) is 0 Å². The van der Waals surface area contributed by atoms with E-state index in [-0.39, 0.29) is 23.2 Å². The first-order valence-corrected chi connectivity index (χ1v) is 7.28. The van der Waals surface area contributed by atoms with Gasteiger partial charge in [-0.2, -0.15) is 10.1 Å². The van der Waals surface area contributed by atoms with Crippen LogP contribution in [0.5, 0.6) is 0 Å². The van der Waals surface area contributed by atoms with Crippen LogP contribution >= 0.6 is 0 Å². The van der Waals surface area contributed by atoms with Gasteiger partial charge in [-0.25, -0.2) is 4.68 Å². The van der Waals surface area contributed by atoms with Gasteiger partial charge in [-0.3, -0.25) is 9.59 Å². The van der Waals surface area contributed by atoms with Crippen LogP contribution in [0.2, 0.25) is 0 Å². The largest absolute Gasteiger partial charge is 0.339 e. The normalized spacial score (nSPS) is 17.9. The molecule has 0 N–H and O–H groups in total. The van der Waals surface area contributed by atoms with Crippen LogP contribution in [0.3, 0.4) is 0 Å². The van der Waals surface area contributed by atoms with Gasteiger partial charge in [0.15, 0.2) is 5.82 Å². The highest BCUT2D eigenvalue weighted by atomic mass is 16.5. The lowest BCUT2D eigenvalue weighted by atomic mass is 10.2. The highest BCUT2D eigenvalue weighted by molar-refractivity contribution is 5.92. The lowest BCUT2D eigenvalue weighted by Crippen LogP contribution is -2.33. The summed E-state index contributed by atoms with van der Waals surface area (Å²) in [5.41, 5.74) is -0.00603. The molecule has 0 unspecified atom stereocenters. The monoisotopic (exact) mass is 303 g/mol. The topological polar surface area (TPSA) is 94.1 Å². The number of nitrogens with zero attached hydrogens (tertiary/aromatic N) is 5. The number of hydrogen-bond donors (Lipinski definition) is 0. The number of likely N-dealkylation sites (tertiary alicyclic amines) is 1. The molecule has 1 fully saturated rings. The molecular weight excluding hydrogens is 286 g/mol. The van der Waals surface area contributed by atoms with Crippen LogP contribution in [0, 0.1) is 0 Å². The minimum absolute atomic E-state index is 0.199. The van der Waals surface area contributed by atoms with Crippen molar-refractivity contribution in [2.75, 3.05) is 6.54 Å². The Labute approximate surface area is 126 Å². The third-order valence-corrected chi connectivity index (χ3v) is 3.78. The van der Waals surface area contributed by atoms with Gasteiger partial charge >= 0.3 is 0 Å². The van der Waals surface area contributed by atoms with Crippen LogP contribution in [0.25, 0.3) is 0 Å². The Kier molecular flexibility index (Phi) is 3.74. The van der Waals surface area contributed by atoms with Gasteiger partial charge in [0.05, 0.1) is 6.04 Å². The Morgan fingerprint density at radius 3 is 2.95 bits per heavy atom.